The summed E-state index contributed by atoms with van der Waals surface area (Å²) in [5.74, 6) is 0. The Morgan fingerprint density at radius 2 is 1.82 bits per heavy atom. The van der Waals surface area contributed by atoms with Gasteiger partial charge in [-0.1, -0.05) is 50.4 Å². The molecule has 0 radical (unpaired) electrons. The van der Waals surface area contributed by atoms with Crippen molar-refractivity contribution in [1.29, 1.82) is 5.26 Å². The lowest BCUT2D eigenvalue weighted by atomic mass is 9.90. The molecule has 0 spiro atoms. The first-order valence-corrected chi connectivity index (χ1v) is 6.49. The summed E-state index contributed by atoms with van der Waals surface area (Å²) in [5, 5.41) is 13.4. The quantitative estimate of drug-likeness (QED) is 0.800. The summed E-state index contributed by atoms with van der Waals surface area (Å²) in [6.45, 7) is 4.19. The third-order valence-electron chi connectivity index (χ3n) is 2.82. The SMILES string of the molecule is CCCC(C#N)(CCC)Nc1ccccc1Cl. The third kappa shape index (κ3) is 3.64. The number of nitrogens with one attached hydrogen (secondary N) is 1. The number of halogens is 1. The molecule has 3 heteroatoms. The molecule has 0 bridgehead atoms. The zero-order valence-electron chi connectivity index (χ0n) is 10.5. The van der Waals surface area contributed by atoms with Crippen molar-refractivity contribution < 1.29 is 0 Å². The maximum absolute atomic E-state index is 9.44. The highest BCUT2D eigenvalue weighted by Crippen LogP contribution is 2.29. The van der Waals surface area contributed by atoms with Gasteiger partial charge in [-0.2, -0.15) is 5.26 Å². The molecule has 0 aliphatic heterocycles. The summed E-state index contributed by atoms with van der Waals surface area (Å²) in [5.41, 5.74) is 0.353. The van der Waals surface area contributed by atoms with Crippen LogP contribution in [0.4, 0.5) is 5.69 Å². The van der Waals surface area contributed by atoms with E-state index in [0.29, 0.717) is 5.02 Å². The van der Waals surface area contributed by atoms with E-state index in [4.69, 9.17) is 11.6 Å². The third-order valence-corrected chi connectivity index (χ3v) is 3.14. The fourth-order valence-corrected chi connectivity index (χ4v) is 2.25. The van der Waals surface area contributed by atoms with E-state index in [1.807, 2.05) is 24.3 Å². The average molecular weight is 251 g/mol. The first kappa shape index (κ1) is 13.9. The van der Waals surface area contributed by atoms with Gasteiger partial charge in [0.2, 0.25) is 0 Å². The van der Waals surface area contributed by atoms with Crippen LogP contribution < -0.4 is 5.32 Å². The number of para-hydroxylation sites is 1. The average Bonchev–Trinajstić information content (AvgIpc) is 2.33. The molecule has 1 aromatic rings. The lowest BCUT2D eigenvalue weighted by molar-refractivity contribution is 0.487. The van der Waals surface area contributed by atoms with Crippen molar-refractivity contribution in [3.63, 3.8) is 0 Å². The molecule has 0 fully saturated rings. The standard InChI is InChI=1S/C14H19ClN2/c1-3-9-14(11-16,10-4-2)17-13-8-6-5-7-12(13)15/h5-8,17H,3-4,9-10H2,1-2H3. The molecular formula is C14H19ClN2. The second kappa shape index (κ2) is 6.51. The van der Waals surface area contributed by atoms with Gasteiger partial charge in [0, 0.05) is 0 Å². The normalized spacial score (nSPS) is 10.9. The van der Waals surface area contributed by atoms with Gasteiger partial charge in [-0.05, 0) is 25.0 Å². The van der Waals surface area contributed by atoms with Gasteiger partial charge in [0.25, 0.3) is 0 Å². The first-order valence-electron chi connectivity index (χ1n) is 6.11. The molecule has 0 atom stereocenters. The fourth-order valence-electron chi connectivity index (χ4n) is 2.06. The highest BCUT2D eigenvalue weighted by atomic mass is 35.5. The molecule has 0 aromatic heterocycles. The van der Waals surface area contributed by atoms with Crippen LogP contribution in [-0.4, -0.2) is 5.54 Å². The Hall–Kier alpha value is -1.20. The molecular weight excluding hydrogens is 232 g/mol. The lowest BCUT2D eigenvalue weighted by Crippen LogP contribution is -2.36. The molecule has 17 heavy (non-hydrogen) atoms. The smallest absolute Gasteiger partial charge is 0.125 e. The molecule has 1 N–H and O–H groups in total. The predicted molar refractivity (Wildman–Crippen MR) is 73.2 cm³/mol. The fraction of sp³-hybridized carbons (Fsp3) is 0.500. The van der Waals surface area contributed by atoms with E-state index in [-0.39, 0.29) is 0 Å². The van der Waals surface area contributed by atoms with Crippen molar-refractivity contribution in [2.75, 3.05) is 5.32 Å². The van der Waals surface area contributed by atoms with Crippen molar-refractivity contribution in [3.8, 4) is 6.07 Å². The van der Waals surface area contributed by atoms with E-state index in [1.54, 1.807) is 0 Å². The minimum Gasteiger partial charge on any atom is -0.366 e. The summed E-state index contributed by atoms with van der Waals surface area (Å²) in [4.78, 5) is 0. The molecule has 0 unspecified atom stereocenters. The van der Waals surface area contributed by atoms with E-state index >= 15 is 0 Å². The number of rotatable bonds is 6. The molecule has 0 heterocycles. The van der Waals surface area contributed by atoms with Crippen LogP contribution in [0.5, 0.6) is 0 Å². The number of nitriles is 1. The summed E-state index contributed by atoms with van der Waals surface area (Å²) >= 11 is 6.12. The molecule has 0 aliphatic rings. The Kier molecular flexibility index (Phi) is 5.31. The largest absolute Gasteiger partial charge is 0.366 e. The van der Waals surface area contributed by atoms with Gasteiger partial charge in [0.15, 0.2) is 0 Å². The van der Waals surface area contributed by atoms with Crippen molar-refractivity contribution in [1.82, 2.24) is 0 Å². The maximum atomic E-state index is 9.44. The molecule has 92 valence electrons. The number of nitrogens with zero attached hydrogens (tertiary/aromatic N) is 1. The molecule has 0 amide bonds. The Balaban J connectivity index is 2.94. The maximum Gasteiger partial charge on any atom is 0.125 e. The van der Waals surface area contributed by atoms with Crippen molar-refractivity contribution in [3.05, 3.63) is 29.3 Å². The van der Waals surface area contributed by atoms with Crippen molar-refractivity contribution >= 4 is 17.3 Å². The van der Waals surface area contributed by atoms with Crippen molar-refractivity contribution in [2.24, 2.45) is 0 Å². The molecule has 0 saturated carbocycles. The first-order chi connectivity index (χ1) is 8.17. The number of benzene rings is 1. The summed E-state index contributed by atoms with van der Waals surface area (Å²) in [7, 11) is 0. The Labute approximate surface area is 109 Å². The Morgan fingerprint density at radius 3 is 2.29 bits per heavy atom. The second-order valence-electron chi connectivity index (χ2n) is 4.30. The summed E-state index contributed by atoms with van der Waals surface area (Å²) < 4.78 is 0. The minimum absolute atomic E-state index is 0.492. The van der Waals surface area contributed by atoms with Gasteiger partial charge < -0.3 is 5.32 Å². The van der Waals surface area contributed by atoms with Crippen LogP contribution in [0.1, 0.15) is 39.5 Å². The predicted octanol–water partition coefficient (Wildman–Crippen LogP) is 4.61. The summed E-state index contributed by atoms with van der Waals surface area (Å²) in [6, 6.07) is 9.99. The van der Waals surface area contributed by atoms with Crippen LogP contribution in [0.2, 0.25) is 5.02 Å². The van der Waals surface area contributed by atoms with Crippen LogP contribution in [-0.2, 0) is 0 Å². The van der Waals surface area contributed by atoms with Gasteiger partial charge in [-0.25, -0.2) is 0 Å². The van der Waals surface area contributed by atoms with Crippen LogP contribution in [0.15, 0.2) is 24.3 Å². The number of hydrogen-bond donors (Lipinski definition) is 1. The zero-order chi connectivity index (χ0) is 12.7. The second-order valence-corrected chi connectivity index (χ2v) is 4.71. The van der Waals surface area contributed by atoms with E-state index in [0.717, 1.165) is 31.4 Å². The van der Waals surface area contributed by atoms with Crippen LogP contribution in [0.3, 0.4) is 0 Å². The topological polar surface area (TPSA) is 35.8 Å². The Bertz CT molecular complexity index is 389. The van der Waals surface area contributed by atoms with E-state index in [2.05, 4.69) is 25.2 Å². The Morgan fingerprint density at radius 1 is 1.24 bits per heavy atom. The minimum atomic E-state index is -0.492. The van der Waals surface area contributed by atoms with Gasteiger partial charge in [0.05, 0.1) is 16.8 Å². The number of hydrogen-bond acceptors (Lipinski definition) is 2. The number of anilines is 1. The molecule has 2 nitrogen and oxygen atoms in total. The molecule has 0 saturated heterocycles. The van der Waals surface area contributed by atoms with E-state index in [1.165, 1.54) is 0 Å². The molecule has 0 aliphatic carbocycles. The summed E-state index contributed by atoms with van der Waals surface area (Å²) in [6.07, 6.45) is 3.63. The van der Waals surface area contributed by atoms with Gasteiger partial charge in [-0.3, -0.25) is 0 Å². The molecule has 1 rings (SSSR count). The van der Waals surface area contributed by atoms with Crippen LogP contribution >= 0.6 is 11.6 Å². The highest BCUT2D eigenvalue weighted by Gasteiger charge is 2.28. The van der Waals surface area contributed by atoms with Gasteiger partial charge in [0.1, 0.15) is 5.54 Å². The van der Waals surface area contributed by atoms with Gasteiger partial charge >= 0.3 is 0 Å². The van der Waals surface area contributed by atoms with E-state index < -0.39 is 5.54 Å². The van der Waals surface area contributed by atoms with Crippen LogP contribution in [0.25, 0.3) is 0 Å². The van der Waals surface area contributed by atoms with E-state index in [9.17, 15) is 5.26 Å². The van der Waals surface area contributed by atoms with Crippen molar-refractivity contribution in [2.45, 2.75) is 45.1 Å². The van der Waals surface area contributed by atoms with Crippen LogP contribution in [0, 0.1) is 11.3 Å². The monoisotopic (exact) mass is 250 g/mol. The lowest BCUT2D eigenvalue weighted by Gasteiger charge is -2.28. The highest BCUT2D eigenvalue weighted by molar-refractivity contribution is 6.33. The zero-order valence-corrected chi connectivity index (χ0v) is 11.2. The molecule has 1 aromatic carbocycles. The van der Waals surface area contributed by atoms with Gasteiger partial charge in [-0.15, -0.1) is 0 Å².